The van der Waals surface area contributed by atoms with E-state index >= 15 is 0 Å². The van der Waals surface area contributed by atoms with Gasteiger partial charge >= 0.3 is 0 Å². The zero-order valence-electron chi connectivity index (χ0n) is 7.57. The Morgan fingerprint density at radius 1 is 1.64 bits per heavy atom. The summed E-state index contributed by atoms with van der Waals surface area (Å²) in [6.45, 7) is -0.224. The smallest absolute Gasteiger partial charge is 0.254 e. The SMILES string of the molecule is NC(=O)c1cnccc1OCCCF. The Kier molecular flexibility index (Phi) is 3.84. The minimum atomic E-state index is -0.603. The van der Waals surface area contributed by atoms with E-state index in [9.17, 15) is 9.18 Å². The number of nitrogens with two attached hydrogens (primary N) is 1. The summed E-state index contributed by atoms with van der Waals surface area (Å²) in [7, 11) is 0. The van der Waals surface area contributed by atoms with Crippen molar-refractivity contribution in [1.29, 1.82) is 0 Å². The first kappa shape index (κ1) is 10.4. The van der Waals surface area contributed by atoms with Gasteiger partial charge in [0, 0.05) is 18.8 Å². The second-order valence-corrected chi connectivity index (χ2v) is 2.63. The van der Waals surface area contributed by atoms with Crippen LogP contribution in [0.5, 0.6) is 5.75 Å². The highest BCUT2D eigenvalue weighted by Crippen LogP contribution is 2.15. The van der Waals surface area contributed by atoms with Gasteiger partial charge in [-0.1, -0.05) is 0 Å². The maximum absolute atomic E-state index is 11.8. The molecule has 0 aliphatic rings. The molecule has 0 atom stereocenters. The number of alkyl halides is 1. The normalized spacial score (nSPS) is 9.79. The maximum atomic E-state index is 11.8. The standard InChI is InChI=1S/C9H11FN2O2/c10-3-1-5-14-8-2-4-12-6-7(8)9(11)13/h2,4,6H,1,3,5H2,(H2,11,13). The lowest BCUT2D eigenvalue weighted by molar-refractivity contribution is 0.0996. The number of hydrogen-bond donors (Lipinski definition) is 1. The molecule has 0 unspecified atom stereocenters. The number of nitrogens with zero attached hydrogens (tertiary/aromatic N) is 1. The summed E-state index contributed by atoms with van der Waals surface area (Å²) < 4.78 is 16.9. The van der Waals surface area contributed by atoms with E-state index in [0.717, 1.165) is 0 Å². The number of ether oxygens (including phenoxy) is 1. The van der Waals surface area contributed by atoms with Crippen LogP contribution in [0.2, 0.25) is 0 Å². The summed E-state index contributed by atoms with van der Waals surface area (Å²) in [6, 6.07) is 1.53. The molecule has 1 aromatic heterocycles. The first-order chi connectivity index (χ1) is 6.75. The molecule has 1 rings (SSSR count). The number of amides is 1. The number of aromatic nitrogens is 1. The number of primary amides is 1. The van der Waals surface area contributed by atoms with Crippen LogP contribution in [0.3, 0.4) is 0 Å². The van der Waals surface area contributed by atoms with Crippen LogP contribution in [-0.2, 0) is 0 Å². The van der Waals surface area contributed by atoms with Crippen molar-refractivity contribution in [3.8, 4) is 5.75 Å². The monoisotopic (exact) mass is 198 g/mol. The number of halogens is 1. The van der Waals surface area contributed by atoms with Crippen LogP contribution in [-0.4, -0.2) is 24.2 Å². The molecule has 0 aromatic carbocycles. The minimum absolute atomic E-state index is 0.214. The number of pyridine rings is 1. The summed E-state index contributed by atoms with van der Waals surface area (Å²) in [5, 5.41) is 0. The first-order valence-electron chi connectivity index (χ1n) is 4.18. The summed E-state index contributed by atoms with van der Waals surface area (Å²) in [4.78, 5) is 14.6. The van der Waals surface area contributed by atoms with Gasteiger partial charge in [-0.2, -0.15) is 0 Å². The van der Waals surface area contributed by atoms with Crippen molar-refractivity contribution in [2.75, 3.05) is 13.3 Å². The molecular formula is C9H11FN2O2. The molecule has 4 nitrogen and oxygen atoms in total. The summed E-state index contributed by atoms with van der Waals surface area (Å²) in [6.07, 6.45) is 3.10. The lowest BCUT2D eigenvalue weighted by Crippen LogP contribution is -2.13. The van der Waals surface area contributed by atoms with Crippen molar-refractivity contribution < 1.29 is 13.9 Å². The highest BCUT2D eigenvalue weighted by molar-refractivity contribution is 5.95. The zero-order valence-corrected chi connectivity index (χ0v) is 7.57. The molecule has 0 saturated heterocycles. The van der Waals surface area contributed by atoms with E-state index in [4.69, 9.17) is 10.5 Å². The number of carbonyl (C=O) groups excluding carboxylic acids is 1. The fraction of sp³-hybridized carbons (Fsp3) is 0.333. The van der Waals surface area contributed by atoms with Crippen molar-refractivity contribution in [3.05, 3.63) is 24.0 Å². The number of carbonyl (C=O) groups is 1. The van der Waals surface area contributed by atoms with Crippen LogP contribution in [0.1, 0.15) is 16.8 Å². The molecule has 76 valence electrons. The van der Waals surface area contributed by atoms with Crippen LogP contribution >= 0.6 is 0 Å². The summed E-state index contributed by atoms with van der Waals surface area (Å²) >= 11 is 0. The maximum Gasteiger partial charge on any atom is 0.254 e. The Labute approximate surface area is 80.9 Å². The molecule has 0 aliphatic heterocycles. The van der Waals surface area contributed by atoms with E-state index in [1.807, 2.05) is 0 Å². The highest BCUT2D eigenvalue weighted by atomic mass is 19.1. The van der Waals surface area contributed by atoms with Gasteiger partial charge in [0.15, 0.2) is 0 Å². The van der Waals surface area contributed by atoms with Gasteiger partial charge in [-0.3, -0.25) is 14.2 Å². The Bertz CT molecular complexity index is 317. The fourth-order valence-corrected chi connectivity index (χ4v) is 0.929. The van der Waals surface area contributed by atoms with E-state index < -0.39 is 12.6 Å². The zero-order chi connectivity index (χ0) is 10.4. The van der Waals surface area contributed by atoms with Gasteiger partial charge in [0.05, 0.1) is 18.8 Å². The third-order valence-corrected chi connectivity index (χ3v) is 1.58. The fourth-order valence-electron chi connectivity index (χ4n) is 0.929. The first-order valence-corrected chi connectivity index (χ1v) is 4.18. The Hall–Kier alpha value is -1.65. The van der Waals surface area contributed by atoms with Crippen LogP contribution in [0, 0.1) is 0 Å². The summed E-state index contributed by atoms with van der Waals surface area (Å²) in [5.41, 5.74) is 5.30. The average Bonchev–Trinajstić information content (AvgIpc) is 2.19. The molecule has 0 bridgehead atoms. The van der Waals surface area contributed by atoms with Crippen molar-refractivity contribution >= 4 is 5.91 Å². The largest absolute Gasteiger partial charge is 0.493 e. The van der Waals surface area contributed by atoms with Gasteiger partial charge in [-0.15, -0.1) is 0 Å². The van der Waals surface area contributed by atoms with Crippen LogP contribution in [0.4, 0.5) is 4.39 Å². The third-order valence-electron chi connectivity index (χ3n) is 1.58. The molecule has 0 radical (unpaired) electrons. The molecule has 0 aliphatic carbocycles. The van der Waals surface area contributed by atoms with Gasteiger partial charge in [-0.25, -0.2) is 0 Å². The van der Waals surface area contributed by atoms with Crippen LogP contribution in [0.25, 0.3) is 0 Å². The topological polar surface area (TPSA) is 65.2 Å². The van der Waals surface area contributed by atoms with E-state index in [-0.39, 0.29) is 12.2 Å². The van der Waals surface area contributed by atoms with E-state index in [1.165, 1.54) is 18.5 Å². The predicted octanol–water partition coefficient (Wildman–Crippen LogP) is 0.919. The lowest BCUT2D eigenvalue weighted by atomic mass is 10.2. The second-order valence-electron chi connectivity index (χ2n) is 2.63. The summed E-state index contributed by atoms with van der Waals surface area (Å²) in [5.74, 6) is -0.255. The quantitative estimate of drug-likeness (QED) is 0.715. The van der Waals surface area contributed by atoms with Gasteiger partial charge in [-0.05, 0) is 6.07 Å². The lowest BCUT2D eigenvalue weighted by Gasteiger charge is -2.07. The third kappa shape index (κ3) is 2.69. The molecular weight excluding hydrogens is 187 g/mol. The van der Waals surface area contributed by atoms with Crippen LogP contribution in [0.15, 0.2) is 18.5 Å². The molecule has 0 fully saturated rings. The molecule has 5 heteroatoms. The molecule has 0 saturated carbocycles. The Balaban J connectivity index is 2.69. The highest BCUT2D eigenvalue weighted by Gasteiger charge is 2.08. The molecule has 14 heavy (non-hydrogen) atoms. The average molecular weight is 198 g/mol. The Morgan fingerprint density at radius 3 is 3.07 bits per heavy atom. The van der Waals surface area contributed by atoms with Gasteiger partial charge in [0.1, 0.15) is 5.75 Å². The molecule has 1 heterocycles. The molecule has 1 aromatic rings. The minimum Gasteiger partial charge on any atom is -0.493 e. The van der Waals surface area contributed by atoms with Crippen molar-refractivity contribution in [2.24, 2.45) is 5.73 Å². The van der Waals surface area contributed by atoms with Gasteiger partial charge < -0.3 is 10.5 Å². The molecule has 1 amide bonds. The van der Waals surface area contributed by atoms with E-state index in [0.29, 0.717) is 12.2 Å². The van der Waals surface area contributed by atoms with Gasteiger partial charge in [0.2, 0.25) is 0 Å². The number of hydrogen-bond acceptors (Lipinski definition) is 3. The van der Waals surface area contributed by atoms with Crippen LogP contribution < -0.4 is 10.5 Å². The number of rotatable bonds is 5. The van der Waals surface area contributed by atoms with Crippen molar-refractivity contribution in [2.45, 2.75) is 6.42 Å². The second kappa shape index (κ2) is 5.16. The Morgan fingerprint density at radius 2 is 2.43 bits per heavy atom. The molecule has 2 N–H and O–H groups in total. The van der Waals surface area contributed by atoms with E-state index in [2.05, 4.69) is 4.98 Å². The van der Waals surface area contributed by atoms with Crippen molar-refractivity contribution in [3.63, 3.8) is 0 Å². The van der Waals surface area contributed by atoms with Crippen molar-refractivity contribution in [1.82, 2.24) is 4.98 Å². The van der Waals surface area contributed by atoms with Gasteiger partial charge in [0.25, 0.3) is 5.91 Å². The molecule has 0 spiro atoms. The predicted molar refractivity (Wildman–Crippen MR) is 48.8 cm³/mol. The van der Waals surface area contributed by atoms with E-state index in [1.54, 1.807) is 0 Å².